The van der Waals surface area contributed by atoms with Gasteiger partial charge >= 0.3 is 17.9 Å². The maximum atomic E-state index is 14.2. The topological polar surface area (TPSA) is 358 Å². The number of aliphatic carboxylic acids is 3. The maximum Gasteiger partial charge on any atom is 0.303 e. The molecule has 0 unspecified atom stereocenters. The second-order valence-electron chi connectivity index (χ2n) is 16.9. The predicted octanol–water partition coefficient (Wildman–Crippen LogP) is 0.112. The van der Waals surface area contributed by atoms with Crippen LogP contribution < -0.4 is 31.9 Å². The fraction of sp³-hybridized carbons (Fsp3) is 0.725. The zero-order chi connectivity index (χ0) is 46.9. The molecule has 10 N–H and O–H groups in total. The summed E-state index contributed by atoms with van der Waals surface area (Å²) in [5, 5.41) is 56.3. The second-order valence-corrected chi connectivity index (χ2v) is 16.9. The molecular weight excluding hydrogens is 828 g/mol. The van der Waals surface area contributed by atoms with Crippen molar-refractivity contribution in [1.29, 1.82) is 0 Å². The number of amides is 6. The lowest BCUT2D eigenvalue weighted by atomic mass is 9.84. The van der Waals surface area contributed by atoms with Crippen molar-refractivity contribution < 1.29 is 63.3 Å². The molecule has 0 aromatic carbocycles. The highest BCUT2D eigenvalue weighted by Crippen LogP contribution is 2.38. The molecule has 3 rings (SSSR count). The minimum atomic E-state index is -1.60. The molecule has 350 valence electrons. The Morgan fingerprint density at radius 3 is 1.71 bits per heavy atom. The third kappa shape index (κ3) is 17.0. The van der Waals surface area contributed by atoms with Gasteiger partial charge in [0.2, 0.25) is 47.1 Å². The average molecular weight is 891 g/mol. The standard InChI is InChI=1S/C40H62N10O13/c1-5-22(4)32(39(63)44-27(20-23-9-7-6-8-10-23)38(62)46-40(17-18-40)33(58)34-47-49-50-48-34)45-37(61)26(19-21(2)3)43-36(60)25(12-15-30(54)55)42-35(59)24(11-14-29(52)53)41-28(51)13-16-31(56)57/h21-27,32H,5-20H2,1-4H3,(H,41,51)(H,42,59)(H,43,60)(H,44,63)(H,45,61)(H,46,62)(H,52,53)(H,54,55)(H,56,57)(H,47,48,49,50)/t22-,24-,25+,26-,27-,32-/m0/s1. The number of ketones is 1. The van der Waals surface area contributed by atoms with Crippen molar-refractivity contribution in [3.05, 3.63) is 5.82 Å². The van der Waals surface area contributed by atoms with Gasteiger partial charge in [-0.2, -0.15) is 5.21 Å². The number of rotatable bonds is 28. The summed E-state index contributed by atoms with van der Waals surface area (Å²) in [4.78, 5) is 129. The van der Waals surface area contributed by atoms with Crippen molar-refractivity contribution in [3.63, 3.8) is 0 Å². The predicted molar refractivity (Wildman–Crippen MR) is 219 cm³/mol. The van der Waals surface area contributed by atoms with E-state index in [1.165, 1.54) is 0 Å². The van der Waals surface area contributed by atoms with Crippen LogP contribution in [0.4, 0.5) is 0 Å². The number of carbonyl (C=O) groups excluding carboxylic acids is 7. The molecule has 2 saturated carbocycles. The van der Waals surface area contributed by atoms with Gasteiger partial charge in [0.25, 0.3) is 0 Å². The van der Waals surface area contributed by atoms with E-state index in [1.807, 2.05) is 0 Å². The Morgan fingerprint density at radius 2 is 1.21 bits per heavy atom. The van der Waals surface area contributed by atoms with Crippen molar-refractivity contribution in [2.24, 2.45) is 17.8 Å². The van der Waals surface area contributed by atoms with Crippen LogP contribution >= 0.6 is 0 Å². The average Bonchev–Trinajstić information content (AvgIpc) is 3.79. The summed E-state index contributed by atoms with van der Waals surface area (Å²) in [6, 6.07) is -6.77. The summed E-state index contributed by atoms with van der Waals surface area (Å²) < 4.78 is 0. The lowest BCUT2D eigenvalue weighted by Gasteiger charge is -2.31. The van der Waals surface area contributed by atoms with Crippen LogP contribution in [0.25, 0.3) is 0 Å². The molecule has 1 aromatic heterocycles. The molecule has 1 aromatic rings. The molecule has 2 aliphatic carbocycles. The summed E-state index contributed by atoms with van der Waals surface area (Å²) >= 11 is 0. The number of hydrogen-bond acceptors (Lipinski definition) is 13. The third-order valence-corrected chi connectivity index (χ3v) is 11.3. The molecule has 0 spiro atoms. The molecule has 63 heavy (non-hydrogen) atoms. The first-order chi connectivity index (χ1) is 29.7. The van der Waals surface area contributed by atoms with Gasteiger partial charge in [0.15, 0.2) is 0 Å². The Bertz CT molecular complexity index is 1800. The summed E-state index contributed by atoms with van der Waals surface area (Å²) in [5.41, 5.74) is -1.25. The summed E-state index contributed by atoms with van der Waals surface area (Å²) in [5.74, 6) is -10.2. The van der Waals surface area contributed by atoms with Gasteiger partial charge in [-0.3, -0.25) is 47.9 Å². The molecule has 23 nitrogen and oxygen atoms in total. The van der Waals surface area contributed by atoms with E-state index < -0.39 is 139 Å². The first-order valence-electron chi connectivity index (χ1n) is 21.5. The molecule has 6 amide bonds. The number of nitrogens with one attached hydrogen (secondary N) is 7. The van der Waals surface area contributed by atoms with Gasteiger partial charge in [-0.15, -0.1) is 10.2 Å². The second kappa shape index (κ2) is 24.6. The van der Waals surface area contributed by atoms with Crippen molar-refractivity contribution >= 4 is 59.1 Å². The van der Waals surface area contributed by atoms with Crippen LogP contribution in [-0.4, -0.2) is 131 Å². The molecule has 0 bridgehead atoms. The van der Waals surface area contributed by atoms with Crippen molar-refractivity contribution in [3.8, 4) is 0 Å². The van der Waals surface area contributed by atoms with Crippen LogP contribution in [0.3, 0.4) is 0 Å². The first-order valence-corrected chi connectivity index (χ1v) is 21.5. The van der Waals surface area contributed by atoms with E-state index >= 15 is 0 Å². The quantitative estimate of drug-likeness (QED) is 0.0499. The molecule has 0 saturated heterocycles. The van der Waals surface area contributed by atoms with Crippen LogP contribution in [0.2, 0.25) is 0 Å². The fourth-order valence-corrected chi connectivity index (χ4v) is 7.34. The van der Waals surface area contributed by atoms with Crippen LogP contribution in [0, 0.1) is 17.8 Å². The van der Waals surface area contributed by atoms with E-state index in [0.29, 0.717) is 19.3 Å². The highest BCUT2D eigenvalue weighted by atomic mass is 16.4. The minimum Gasteiger partial charge on any atom is -0.481 e. The van der Waals surface area contributed by atoms with Crippen LogP contribution in [-0.2, 0) is 43.2 Å². The van der Waals surface area contributed by atoms with E-state index in [4.69, 9.17) is 5.11 Å². The Morgan fingerprint density at radius 1 is 0.667 bits per heavy atom. The number of carbonyl (C=O) groups is 10. The van der Waals surface area contributed by atoms with Crippen molar-refractivity contribution in [2.45, 2.75) is 166 Å². The van der Waals surface area contributed by atoms with Crippen LogP contribution in [0.5, 0.6) is 0 Å². The minimum absolute atomic E-state index is 0.0239. The Kier molecular flexibility index (Phi) is 20.0. The maximum absolute atomic E-state index is 14.2. The highest BCUT2D eigenvalue weighted by Gasteiger charge is 2.53. The van der Waals surface area contributed by atoms with E-state index in [2.05, 4.69) is 52.5 Å². The zero-order valence-corrected chi connectivity index (χ0v) is 36.2. The zero-order valence-electron chi connectivity index (χ0n) is 36.2. The summed E-state index contributed by atoms with van der Waals surface area (Å²) in [7, 11) is 0. The number of hydrogen-bond donors (Lipinski definition) is 10. The Labute approximate surface area is 364 Å². The van der Waals surface area contributed by atoms with Gasteiger partial charge < -0.3 is 47.2 Å². The van der Waals surface area contributed by atoms with E-state index in [-0.39, 0.29) is 30.5 Å². The highest BCUT2D eigenvalue weighted by molar-refractivity contribution is 6.05. The number of nitrogens with zero attached hydrogens (tertiary/aromatic N) is 3. The van der Waals surface area contributed by atoms with Crippen LogP contribution in [0.1, 0.15) is 141 Å². The number of carboxylic acids is 3. The Balaban J connectivity index is 1.83. The van der Waals surface area contributed by atoms with E-state index in [1.54, 1.807) is 27.7 Å². The SMILES string of the molecule is CC[C@H](C)[C@H](NC(=O)[C@H](CC(C)C)NC(=O)[C@@H](CCC(=O)O)NC(=O)[C@H](CCC(=O)O)NC(=O)CCC(=O)O)C(=O)N[C@@H](CC1CCCCC1)C(=O)NC1(C(=O)c2nn[nH]n2)CC1. The molecule has 2 fully saturated rings. The van der Waals surface area contributed by atoms with Gasteiger partial charge in [-0.05, 0) is 61.5 Å². The molecule has 1 heterocycles. The normalized spacial score (nSPS) is 17.3. The molecule has 23 heteroatoms. The van der Waals surface area contributed by atoms with E-state index in [0.717, 1.165) is 32.1 Å². The lowest BCUT2D eigenvalue weighted by molar-refractivity contribution is -0.140. The fourth-order valence-electron chi connectivity index (χ4n) is 7.34. The monoisotopic (exact) mass is 890 g/mol. The molecule has 0 aliphatic heterocycles. The Hall–Kier alpha value is -6.03. The van der Waals surface area contributed by atoms with Gasteiger partial charge in [0.1, 0.15) is 35.7 Å². The smallest absolute Gasteiger partial charge is 0.303 e. The van der Waals surface area contributed by atoms with Gasteiger partial charge in [0, 0.05) is 19.3 Å². The van der Waals surface area contributed by atoms with Crippen LogP contribution in [0.15, 0.2) is 0 Å². The van der Waals surface area contributed by atoms with E-state index in [9.17, 15) is 58.2 Å². The summed E-state index contributed by atoms with van der Waals surface area (Å²) in [6.45, 7) is 7.04. The molecule has 2 aliphatic rings. The summed E-state index contributed by atoms with van der Waals surface area (Å²) in [6.07, 6.45) is 2.76. The number of Topliss-reactive ketones (excluding diaryl/α,β-unsaturated/α-hetero) is 1. The number of aromatic nitrogens is 4. The molecule has 0 radical (unpaired) electrons. The number of H-pyrrole nitrogens is 1. The van der Waals surface area contributed by atoms with Gasteiger partial charge in [0.05, 0.1) is 6.42 Å². The molecule has 6 atom stereocenters. The lowest BCUT2D eigenvalue weighted by Crippen LogP contribution is -2.61. The number of tetrazole rings is 1. The van der Waals surface area contributed by atoms with Gasteiger partial charge in [-0.1, -0.05) is 66.2 Å². The third-order valence-electron chi connectivity index (χ3n) is 11.3. The molecular formula is C40H62N10O13. The first kappa shape index (κ1) is 51.3. The largest absolute Gasteiger partial charge is 0.481 e. The number of aromatic amines is 1. The number of carboxylic acid groups (broad SMARTS) is 3. The van der Waals surface area contributed by atoms with Crippen molar-refractivity contribution in [2.75, 3.05) is 0 Å². The van der Waals surface area contributed by atoms with Gasteiger partial charge in [-0.25, -0.2) is 0 Å². The van der Waals surface area contributed by atoms with Crippen molar-refractivity contribution in [1.82, 2.24) is 52.5 Å².